The second-order valence-electron chi connectivity index (χ2n) is 5.30. The fourth-order valence-corrected chi connectivity index (χ4v) is 3.72. The molecule has 2 heterocycles. The molecule has 1 aromatic carbocycles. The van der Waals surface area contributed by atoms with Crippen LogP contribution in [0.2, 0.25) is 0 Å². The van der Waals surface area contributed by atoms with Crippen LogP contribution in [0.4, 0.5) is 17.1 Å². The maximum atomic E-state index is 12.3. The number of rotatable bonds is 2. The second-order valence-corrected chi connectivity index (χ2v) is 7.29. The van der Waals surface area contributed by atoms with Gasteiger partial charge in [0.25, 0.3) is 5.91 Å². The Morgan fingerprint density at radius 2 is 1.83 bits per heavy atom. The summed E-state index contributed by atoms with van der Waals surface area (Å²) < 4.78 is 31.6. The number of benzene rings is 1. The molecule has 8 nitrogen and oxygen atoms in total. The quantitative estimate of drug-likeness (QED) is 0.900. The fourth-order valence-electron chi connectivity index (χ4n) is 2.55. The molecule has 0 fully saturated rings. The fraction of sp³-hybridized carbons (Fsp3) is 0.286. The zero-order valence-electron chi connectivity index (χ0n) is 13.1. The minimum absolute atomic E-state index is 0.349. The number of anilines is 3. The molecule has 1 aliphatic rings. The van der Waals surface area contributed by atoms with Crippen LogP contribution in [-0.2, 0) is 10.2 Å². The van der Waals surface area contributed by atoms with Crippen LogP contribution >= 0.6 is 0 Å². The molecule has 0 radical (unpaired) electrons. The number of carbonyl (C=O) groups excluding carboxylic acids is 1. The van der Waals surface area contributed by atoms with E-state index in [0.29, 0.717) is 34.1 Å². The second kappa shape index (κ2) is 4.98. The van der Waals surface area contributed by atoms with Crippen LogP contribution in [0.1, 0.15) is 21.8 Å². The summed E-state index contributed by atoms with van der Waals surface area (Å²) in [5, 5.41) is 6.49. The molecular weight excluding hydrogens is 320 g/mol. The molecule has 1 N–H and O–H groups in total. The van der Waals surface area contributed by atoms with Gasteiger partial charge in [-0.05, 0) is 32.0 Å². The highest BCUT2D eigenvalue weighted by molar-refractivity contribution is 7.94. The summed E-state index contributed by atoms with van der Waals surface area (Å²) in [7, 11) is -0.580. The molecule has 0 saturated carbocycles. The van der Waals surface area contributed by atoms with E-state index in [9.17, 15) is 13.2 Å². The van der Waals surface area contributed by atoms with Crippen molar-refractivity contribution in [2.24, 2.45) is 0 Å². The van der Waals surface area contributed by atoms with Gasteiger partial charge in [-0.1, -0.05) is 5.16 Å². The number of carbonyl (C=O) groups is 1. The highest BCUT2D eigenvalue weighted by Gasteiger charge is 2.35. The Kier molecular flexibility index (Phi) is 3.33. The summed E-state index contributed by atoms with van der Waals surface area (Å²) in [6, 6.07) is 4.92. The van der Waals surface area contributed by atoms with Crippen molar-refractivity contribution in [2.45, 2.75) is 13.8 Å². The summed E-state index contributed by atoms with van der Waals surface area (Å²) >= 11 is 0. The number of hydrogen-bond acceptors (Lipinski definition) is 5. The molecule has 2 aromatic rings. The third kappa shape index (κ3) is 2.24. The van der Waals surface area contributed by atoms with E-state index in [-0.39, 0.29) is 5.91 Å². The topological polar surface area (TPSA) is 95.7 Å². The van der Waals surface area contributed by atoms with Gasteiger partial charge in [0, 0.05) is 19.8 Å². The summed E-state index contributed by atoms with van der Waals surface area (Å²) in [5.74, 6) is 0.0821. The van der Waals surface area contributed by atoms with Crippen molar-refractivity contribution < 1.29 is 17.7 Å². The van der Waals surface area contributed by atoms with Gasteiger partial charge in [-0.25, -0.2) is 0 Å². The molecule has 0 atom stereocenters. The molecule has 1 amide bonds. The lowest BCUT2D eigenvalue weighted by molar-refractivity contribution is 0.102. The largest absolute Gasteiger partial charge is 0.361 e. The van der Waals surface area contributed by atoms with Gasteiger partial charge >= 0.3 is 10.2 Å². The van der Waals surface area contributed by atoms with Crippen LogP contribution in [0.3, 0.4) is 0 Å². The number of fused-ring (bicyclic) bond motifs is 1. The molecule has 9 heteroatoms. The Bertz CT molecular complexity index is 884. The third-order valence-electron chi connectivity index (χ3n) is 3.86. The van der Waals surface area contributed by atoms with Crippen LogP contribution in [0.5, 0.6) is 0 Å². The van der Waals surface area contributed by atoms with Gasteiger partial charge in [-0.2, -0.15) is 8.42 Å². The van der Waals surface area contributed by atoms with Crippen LogP contribution in [-0.4, -0.2) is 33.6 Å². The molecule has 1 aromatic heterocycles. The maximum Gasteiger partial charge on any atom is 0.326 e. The predicted molar refractivity (Wildman–Crippen MR) is 86.1 cm³/mol. The number of aromatic nitrogens is 1. The molecule has 122 valence electrons. The van der Waals surface area contributed by atoms with Gasteiger partial charge in [-0.3, -0.25) is 13.4 Å². The minimum Gasteiger partial charge on any atom is -0.361 e. The molecule has 23 heavy (non-hydrogen) atoms. The van der Waals surface area contributed by atoms with Crippen molar-refractivity contribution >= 4 is 33.2 Å². The van der Waals surface area contributed by atoms with Crippen molar-refractivity contribution in [3.05, 3.63) is 35.2 Å². The molecule has 0 aliphatic carbocycles. The number of nitrogens with one attached hydrogen (secondary N) is 1. The molecule has 3 rings (SSSR count). The zero-order valence-corrected chi connectivity index (χ0v) is 13.9. The third-order valence-corrected chi connectivity index (χ3v) is 5.64. The summed E-state index contributed by atoms with van der Waals surface area (Å²) in [6.45, 7) is 3.34. The standard InChI is InChI=1S/C14H16N4O4S/c1-8-13(9(2)22-16-8)14(19)15-10-5-6-11-12(7-10)18(4)23(20,21)17(11)3/h5-7H,1-4H3,(H,15,19). The Labute approximate surface area is 133 Å². The minimum atomic E-state index is -3.54. The van der Waals surface area contributed by atoms with Crippen LogP contribution in [0, 0.1) is 13.8 Å². The Morgan fingerprint density at radius 1 is 1.17 bits per heavy atom. The lowest BCUT2D eigenvalue weighted by Gasteiger charge is -2.13. The normalized spacial score (nSPS) is 15.7. The number of aryl methyl sites for hydroxylation is 2. The van der Waals surface area contributed by atoms with E-state index in [2.05, 4.69) is 10.5 Å². The van der Waals surface area contributed by atoms with Gasteiger partial charge in [0.2, 0.25) is 0 Å². The molecule has 1 aliphatic heterocycles. The van der Waals surface area contributed by atoms with Crippen LogP contribution in [0.25, 0.3) is 0 Å². The van der Waals surface area contributed by atoms with Gasteiger partial charge in [0.1, 0.15) is 11.3 Å². The molecular formula is C14H16N4O4S. The van der Waals surface area contributed by atoms with Gasteiger partial charge < -0.3 is 9.84 Å². The molecule has 0 bridgehead atoms. The number of nitrogens with zero attached hydrogens (tertiary/aromatic N) is 3. The van der Waals surface area contributed by atoms with E-state index in [1.165, 1.54) is 22.7 Å². The van der Waals surface area contributed by atoms with Crippen molar-refractivity contribution in [1.29, 1.82) is 0 Å². The molecule has 0 spiro atoms. The number of hydrogen-bond donors (Lipinski definition) is 1. The van der Waals surface area contributed by atoms with Crippen molar-refractivity contribution in [1.82, 2.24) is 5.16 Å². The number of amides is 1. The highest BCUT2D eigenvalue weighted by Crippen LogP contribution is 2.40. The smallest absolute Gasteiger partial charge is 0.326 e. The first-order chi connectivity index (χ1) is 10.7. The first kappa shape index (κ1) is 15.3. The van der Waals surface area contributed by atoms with Crippen molar-refractivity contribution in [3.8, 4) is 0 Å². The maximum absolute atomic E-state index is 12.3. The van der Waals surface area contributed by atoms with E-state index in [1.807, 2.05) is 0 Å². The first-order valence-corrected chi connectivity index (χ1v) is 8.24. The van der Waals surface area contributed by atoms with Crippen LogP contribution < -0.4 is 13.9 Å². The van der Waals surface area contributed by atoms with E-state index in [1.54, 1.807) is 32.0 Å². The van der Waals surface area contributed by atoms with Gasteiger partial charge in [0.15, 0.2) is 0 Å². The zero-order chi connectivity index (χ0) is 16.9. The SMILES string of the molecule is Cc1noc(C)c1C(=O)Nc1ccc2c(c1)N(C)S(=O)(=O)N2C. The van der Waals surface area contributed by atoms with E-state index in [4.69, 9.17) is 4.52 Å². The Balaban J connectivity index is 1.93. The lowest BCUT2D eigenvalue weighted by atomic mass is 10.2. The van der Waals surface area contributed by atoms with Gasteiger partial charge in [-0.15, -0.1) is 0 Å². The Morgan fingerprint density at radius 3 is 2.43 bits per heavy atom. The Hall–Kier alpha value is -2.55. The summed E-state index contributed by atoms with van der Waals surface area (Å²) in [5.41, 5.74) is 2.43. The lowest BCUT2D eigenvalue weighted by Crippen LogP contribution is -2.32. The van der Waals surface area contributed by atoms with Gasteiger partial charge in [0.05, 0.1) is 17.1 Å². The summed E-state index contributed by atoms with van der Waals surface area (Å²) in [6.07, 6.45) is 0. The summed E-state index contributed by atoms with van der Waals surface area (Å²) in [4.78, 5) is 12.3. The predicted octanol–water partition coefficient (Wildman–Crippen LogP) is 1.67. The van der Waals surface area contributed by atoms with E-state index < -0.39 is 10.2 Å². The van der Waals surface area contributed by atoms with Crippen LogP contribution in [0.15, 0.2) is 22.7 Å². The van der Waals surface area contributed by atoms with Crippen molar-refractivity contribution in [2.75, 3.05) is 28.0 Å². The average molecular weight is 336 g/mol. The van der Waals surface area contributed by atoms with Crippen molar-refractivity contribution in [3.63, 3.8) is 0 Å². The highest BCUT2D eigenvalue weighted by atomic mass is 32.2. The van der Waals surface area contributed by atoms with E-state index in [0.717, 1.165) is 0 Å². The monoisotopic (exact) mass is 336 g/mol. The average Bonchev–Trinajstić information content (AvgIpc) is 2.91. The van der Waals surface area contributed by atoms with E-state index >= 15 is 0 Å². The molecule has 0 saturated heterocycles. The molecule has 0 unspecified atom stereocenters. The first-order valence-electron chi connectivity index (χ1n) is 6.84.